The second-order valence-corrected chi connectivity index (χ2v) is 5.61. The number of nitrogens with zero attached hydrogens (tertiary/aromatic N) is 2. The standard InChI is InChI=1S/C16H19F3N2O2/c1-8(2)14-16(23-4)20-13(15(21-14)22-3)6-9-5-11(18)12(19)7-10(9)17/h5,7-8,13-14H,6H2,1-4H3. The third-order valence-corrected chi connectivity index (χ3v) is 3.64. The van der Waals surface area contributed by atoms with Gasteiger partial charge in [0.15, 0.2) is 11.6 Å². The van der Waals surface area contributed by atoms with Gasteiger partial charge in [-0.15, -0.1) is 0 Å². The van der Waals surface area contributed by atoms with Crippen molar-refractivity contribution in [2.24, 2.45) is 15.9 Å². The predicted molar refractivity (Wildman–Crippen MR) is 81.3 cm³/mol. The zero-order chi connectivity index (χ0) is 17.1. The average Bonchev–Trinajstić information content (AvgIpc) is 2.51. The number of hydrogen-bond donors (Lipinski definition) is 0. The molecule has 1 aromatic carbocycles. The van der Waals surface area contributed by atoms with Crippen molar-refractivity contribution in [2.75, 3.05) is 14.2 Å². The molecule has 1 heterocycles. The van der Waals surface area contributed by atoms with E-state index in [1.165, 1.54) is 14.2 Å². The lowest BCUT2D eigenvalue weighted by Crippen LogP contribution is -2.38. The Morgan fingerprint density at radius 1 is 0.957 bits per heavy atom. The fraction of sp³-hybridized carbons (Fsp3) is 0.500. The van der Waals surface area contributed by atoms with E-state index in [2.05, 4.69) is 9.98 Å². The van der Waals surface area contributed by atoms with Crippen molar-refractivity contribution >= 4 is 11.8 Å². The highest BCUT2D eigenvalue weighted by molar-refractivity contribution is 5.94. The second kappa shape index (κ2) is 7.02. The Morgan fingerprint density at radius 3 is 2.13 bits per heavy atom. The van der Waals surface area contributed by atoms with Crippen LogP contribution in [0.2, 0.25) is 0 Å². The molecule has 126 valence electrons. The summed E-state index contributed by atoms with van der Waals surface area (Å²) in [6.45, 7) is 3.93. The van der Waals surface area contributed by atoms with Crippen molar-refractivity contribution in [3.8, 4) is 0 Å². The highest BCUT2D eigenvalue weighted by atomic mass is 19.2. The number of hydrogen-bond acceptors (Lipinski definition) is 4. The summed E-state index contributed by atoms with van der Waals surface area (Å²) in [5.41, 5.74) is 0.000787. The third kappa shape index (κ3) is 3.65. The molecule has 0 spiro atoms. The van der Waals surface area contributed by atoms with Crippen LogP contribution >= 0.6 is 0 Å². The lowest BCUT2D eigenvalue weighted by atomic mass is 10.00. The van der Waals surface area contributed by atoms with E-state index in [1.807, 2.05) is 13.8 Å². The van der Waals surface area contributed by atoms with Crippen LogP contribution in [0.25, 0.3) is 0 Å². The Morgan fingerprint density at radius 2 is 1.57 bits per heavy atom. The topological polar surface area (TPSA) is 43.2 Å². The van der Waals surface area contributed by atoms with Crippen LogP contribution in [-0.4, -0.2) is 38.1 Å². The molecule has 0 bridgehead atoms. The van der Waals surface area contributed by atoms with E-state index in [4.69, 9.17) is 9.47 Å². The van der Waals surface area contributed by atoms with Crippen LogP contribution in [0.5, 0.6) is 0 Å². The van der Waals surface area contributed by atoms with E-state index < -0.39 is 23.5 Å². The summed E-state index contributed by atoms with van der Waals surface area (Å²) >= 11 is 0. The van der Waals surface area contributed by atoms with Gasteiger partial charge in [0, 0.05) is 12.5 Å². The van der Waals surface area contributed by atoms with Crippen molar-refractivity contribution in [1.29, 1.82) is 0 Å². The van der Waals surface area contributed by atoms with Gasteiger partial charge in [-0.25, -0.2) is 23.2 Å². The van der Waals surface area contributed by atoms with Crippen LogP contribution in [0.3, 0.4) is 0 Å². The average molecular weight is 328 g/mol. The van der Waals surface area contributed by atoms with Gasteiger partial charge in [-0.2, -0.15) is 0 Å². The lowest BCUT2D eigenvalue weighted by molar-refractivity contribution is 0.332. The summed E-state index contributed by atoms with van der Waals surface area (Å²) in [5.74, 6) is -2.30. The normalized spacial score (nSPS) is 21.0. The number of ether oxygens (including phenoxy) is 2. The molecule has 0 saturated carbocycles. The molecule has 1 aliphatic heterocycles. The number of methoxy groups -OCH3 is 2. The van der Waals surface area contributed by atoms with Gasteiger partial charge in [0.2, 0.25) is 11.8 Å². The van der Waals surface area contributed by atoms with Crippen molar-refractivity contribution in [2.45, 2.75) is 32.4 Å². The molecule has 7 heteroatoms. The quantitative estimate of drug-likeness (QED) is 0.800. The molecule has 0 N–H and O–H groups in total. The first-order valence-electron chi connectivity index (χ1n) is 7.24. The van der Waals surface area contributed by atoms with Crippen LogP contribution in [-0.2, 0) is 15.9 Å². The summed E-state index contributed by atoms with van der Waals surface area (Å²) in [6, 6.07) is 0.411. The predicted octanol–water partition coefficient (Wildman–Crippen LogP) is 3.14. The monoisotopic (exact) mass is 328 g/mol. The number of benzene rings is 1. The van der Waals surface area contributed by atoms with Crippen molar-refractivity contribution in [3.63, 3.8) is 0 Å². The summed E-state index contributed by atoms with van der Waals surface area (Å²) in [7, 11) is 2.93. The van der Waals surface area contributed by atoms with Crippen LogP contribution in [0.15, 0.2) is 22.1 Å². The van der Waals surface area contributed by atoms with Gasteiger partial charge in [0.1, 0.15) is 17.9 Å². The molecule has 23 heavy (non-hydrogen) atoms. The zero-order valence-electron chi connectivity index (χ0n) is 13.4. The van der Waals surface area contributed by atoms with Crippen LogP contribution in [0, 0.1) is 23.4 Å². The molecule has 1 aromatic rings. The highest BCUT2D eigenvalue weighted by Gasteiger charge is 2.31. The number of halogens is 3. The largest absolute Gasteiger partial charge is 0.483 e. The van der Waals surface area contributed by atoms with Gasteiger partial charge in [-0.05, 0) is 17.5 Å². The minimum atomic E-state index is -1.23. The minimum Gasteiger partial charge on any atom is -0.483 e. The molecule has 0 aromatic heterocycles. The Bertz CT molecular complexity index is 644. The van der Waals surface area contributed by atoms with Crippen molar-refractivity contribution in [3.05, 3.63) is 35.1 Å². The third-order valence-electron chi connectivity index (χ3n) is 3.64. The van der Waals surface area contributed by atoms with Crippen LogP contribution in [0.4, 0.5) is 13.2 Å². The van der Waals surface area contributed by atoms with Gasteiger partial charge >= 0.3 is 0 Å². The number of rotatable bonds is 3. The molecule has 0 radical (unpaired) electrons. The summed E-state index contributed by atoms with van der Waals surface area (Å²) < 4.78 is 50.7. The maximum atomic E-state index is 13.8. The van der Waals surface area contributed by atoms with E-state index in [-0.39, 0.29) is 23.9 Å². The minimum absolute atomic E-state index is 0.000787. The molecule has 2 unspecified atom stereocenters. The molecular formula is C16H19F3N2O2. The Labute approximate surface area is 133 Å². The summed E-state index contributed by atoms with van der Waals surface area (Å²) in [4.78, 5) is 8.85. The first kappa shape index (κ1) is 17.3. The van der Waals surface area contributed by atoms with Gasteiger partial charge in [-0.3, -0.25) is 0 Å². The SMILES string of the molecule is COC1=NC(C(C)C)C(OC)=NC1Cc1cc(F)c(F)cc1F. The smallest absolute Gasteiger partial charge is 0.209 e. The first-order valence-corrected chi connectivity index (χ1v) is 7.24. The molecule has 0 aliphatic carbocycles. The molecule has 0 saturated heterocycles. The van der Waals surface area contributed by atoms with Gasteiger partial charge in [-0.1, -0.05) is 13.8 Å². The van der Waals surface area contributed by atoms with Crippen molar-refractivity contribution < 1.29 is 22.6 Å². The van der Waals surface area contributed by atoms with E-state index >= 15 is 0 Å². The highest BCUT2D eigenvalue weighted by Crippen LogP contribution is 2.22. The van der Waals surface area contributed by atoms with Gasteiger partial charge < -0.3 is 9.47 Å². The van der Waals surface area contributed by atoms with Crippen LogP contribution in [0.1, 0.15) is 19.4 Å². The molecule has 2 rings (SSSR count). The molecular weight excluding hydrogens is 309 g/mol. The molecule has 1 aliphatic rings. The Balaban J connectivity index is 2.33. The summed E-state index contributed by atoms with van der Waals surface area (Å²) in [5, 5.41) is 0. The Kier molecular flexibility index (Phi) is 5.28. The molecule has 2 atom stereocenters. The second-order valence-electron chi connectivity index (χ2n) is 5.61. The van der Waals surface area contributed by atoms with E-state index in [0.29, 0.717) is 17.9 Å². The van der Waals surface area contributed by atoms with E-state index in [9.17, 15) is 13.2 Å². The summed E-state index contributed by atoms with van der Waals surface area (Å²) in [6.07, 6.45) is -0.00657. The van der Waals surface area contributed by atoms with E-state index in [1.54, 1.807) is 0 Å². The van der Waals surface area contributed by atoms with Crippen LogP contribution < -0.4 is 0 Å². The molecule has 0 fully saturated rings. The fourth-order valence-corrected chi connectivity index (χ4v) is 2.42. The maximum Gasteiger partial charge on any atom is 0.209 e. The molecule has 4 nitrogen and oxygen atoms in total. The first-order chi connectivity index (χ1) is 10.9. The number of aliphatic imine (C=N–C) groups is 2. The lowest BCUT2D eigenvalue weighted by Gasteiger charge is -2.27. The maximum absolute atomic E-state index is 13.8. The fourth-order valence-electron chi connectivity index (χ4n) is 2.42. The zero-order valence-corrected chi connectivity index (χ0v) is 13.4. The van der Waals surface area contributed by atoms with Gasteiger partial charge in [0.25, 0.3) is 0 Å². The van der Waals surface area contributed by atoms with Crippen molar-refractivity contribution in [1.82, 2.24) is 0 Å². The Hall–Kier alpha value is -2.05. The van der Waals surface area contributed by atoms with E-state index in [0.717, 1.165) is 6.07 Å². The van der Waals surface area contributed by atoms with Gasteiger partial charge in [0.05, 0.1) is 14.2 Å². The molecule has 0 amide bonds.